The molecular formula is C20H26F2N2O3. The van der Waals surface area contributed by atoms with E-state index in [1.54, 1.807) is 12.1 Å². The molecule has 1 aromatic rings. The van der Waals surface area contributed by atoms with Gasteiger partial charge in [-0.05, 0) is 69.2 Å². The number of carbonyl (C=O) groups excluding carboxylic acids is 1. The highest BCUT2D eigenvalue weighted by molar-refractivity contribution is 5.80. The molecular weight excluding hydrogens is 354 g/mol. The van der Waals surface area contributed by atoms with Gasteiger partial charge in [-0.2, -0.15) is 8.78 Å². The molecule has 1 aromatic carbocycles. The van der Waals surface area contributed by atoms with Crippen molar-refractivity contribution >= 4 is 6.03 Å². The van der Waals surface area contributed by atoms with E-state index in [9.17, 15) is 18.7 Å². The van der Waals surface area contributed by atoms with E-state index in [0.717, 1.165) is 17.5 Å². The number of amides is 2. The second-order valence-electron chi connectivity index (χ2n) is 8.45. The van der Waals surface area contributed by atoms with Crippen molar-refractivity contribution in [3.05, 3.63) is 29.3 Å². The maximum absolute atomic E-state index is 12.7. The highest BCUT2D eigenvalue weighted by Crippen LogP contribution is 2.60. The maximum atomic E-state index is 12.7. The maximum Gasteiger partial charge on any atom is 0.345 e. The van der Waals surface area contributed by atoms with Crippen LogP contribution in [0.2, 0.25) is 0 Å². The molecule has 0 radical (unpaired) electrons. The molecule has 2 amide bonds. The Morgan fingerprint density at radius 3 is 2.59 bits per heavy atom. The van der Waals surface area contributed by atoms with Crippen LogP contribution in [0.4, 0.5) is 13.6 Å². The molecule has 1 aliphatic heterocycles. The van der Waals surface area contributed by atoms with E-state index in [-0.39, 0.29) is 23.2 Å². The first-order valence-corrected chi connectivity index (χ1v) is 9.61. The summed E-state index contributed by atoms with van der Waals surface area (Å²) in [5.74, 6) is 0.178. The molecule has 3 aliphatic rings. The Labute approximate surface area is 157 Å². The van der Waals surface area contributed by atoms with Gasteiger partial charge in [0.25, 0.3) is 0 Å². The fraction of sp³-hybridized carbons (Fsp3) is 0.650. The second kappa shape index (κ2) is 6.33. The first kappa shape index (κ1) is 18.5. The number of fused-ring (bicyclic) bond motifs is 3. The van der Waals surface area contributed by atoms with Crippen LogP contribution >= 0.6 is 0 Å². The second-order valence-corrected chi connectivity index (χ2v) is 8.45. The fourth-order valence-corrected chi connectivity index (χ4v) is 5.44. The minimum Gasteiger partial charge on any atom is -0.508 e. The van der Waals surface area contributed by atoms with Gasteiger partial charge < -0.3 is 20.1 Å². The summed E-state index contributed by atoms with van der Waals surface area (Å²) in [5, 5.41) is 13.3. The standard InChI is InChI=1S/C20H26F2N2O3/c1-12(2)24-11-20(23-18(24)26)16-9-14(25)4-3-13(16)10-19(20)7-5-15(6-8-19)27-17(21)22/h3-4,9,12,15,17,25H,5-8,10-11H2,1-2H3,(H,23,26). The van der Waals surface area contributed by atoms with Gasteiger partial charge in [-0.3, -0.25) is 0 Å². The smallest absolute Gasteiger partial charge is 0.345 e. The number of halogens is 2. The number of ether oxygens (including phenoxy) is 1. The monoisotopic (exact) mass is 380 g/mol. The third-order valence-electron chi connectivity index (χ3n) is 6.78. The lowest BCUT2D eigenvalue weighted by Crippen LogP contribution is -2.54. The normalized spacial score (nSPS) is 32.7. The van der Waals surface area contributed by atoms with Crippen LogP contribution < -0.4 is 5.32 Å². The van der Waals surface area contributed by atoms with Crippen molar-refractivity contribution in [2.24, 2.45) is 5.41 Å². The largest absolute Gasteiger partial charge is 0.508 e. The average Bonchev–Trinajstić information content (AvgIpc) is 3.07. The van der Waals surface area contributed by atoms with Crippen LogP contribution in [0.25, 0.3) is 0 Å². The lowest BCUT2D eigenvalue weighted by Gasteiger charge is -2.48. The lowest BCUT2D eigenvalue weighted by atomic mass is 9.61. The Balaban J connectivity index is 1.71. The van der Waals surface area contributed by atoms with E-state index < -0.39 is 18.3 Å². The molecule has 1 heterocycles. The number of hydrogen-bond donors (Lipinski definition) is 2. The van der Waals surface area contributed by atoms with Crippen molar-refractivity contribution in [3.8, 4) is 5.75 Å². The zero-order chi connectivity index (χ0) is 19.4. The van der Waals surface area contributed by atoms with Gasteiger partial charge in [0.1, 0.15) is 5.75 Å². The van der Waals surface area contributed by atoms with Crippen molar-refractivity contribution in [1.29, 1.82) is 0 Å². The Morgan fingerprint density at radius 1 is 1.30 bits per heavy atom. The summed E-state index contributed by atoms with van der Waals surface area (Å²) in [6.07, 6.45) is 2.82. The molecule has 2 N–H and O–H groups in total. The van der Waals surface area contributed by atoms with E-state index in [1.807, 2.05) is 24.8 Å². The molecule has 27 heavy (non-hydrogen) atoms. The van der Waals surface area contributed by atoms with Crippen LogP contribution in [0, 0.1) is 5.41 Å². The lowest BCUT2D eigenvalue weighted by molar-refractivity contribution is -0.177. The number of phenolic OH excluding ortho intramolecular Hbond substituents is 1. The van der Waals surface area contributed by atoms with E-state index in [2.05, 4.69) is 5.32 Å². The minimum absolute atomic E-state index is 0.0568. The van der Waals surface area contributed by atoms with Crippen LogP contribution in [0.5, 0.6) is 5.75 Å². The number of carbonyl (C=O) groups is 1. The fourth-order valence-electron chi connectivity index (χ4n) is 5.44. The molecule has 5 nitrogen and oxygen atoms in total. The van der Waals surface area contributed by atoms with Gasteiger partial charge >= 0.3 is 12.6 Å². The molecule has 7 heteroatoms. The highest BCUT2D eigenvalue weighted by atomic mass is 19.3. The van der Waals surface area contributed by atoms with E-state index in [0.29, 0.717) is 32.2 Å². The van der Waals surface area contributed by atoms with Crippen molar-refractivity contribution in [1.82, 2.24) is 10.2 Å². The van der Waals surface area contributed by atoms with Crippen molar-refractivity contribution in [2.45, 2.75) is 70.2 Å². The Morgan fingerprint density at radius 2 is 2.00 bits per heavy atom. The van der Waals surface area contributed by atoms with E-state index in [4.69, 9.17) is 4.74 Å². The number of aromatic hydroxyl groups is 1. The number of nitrogens with one attached hydrogen (secondary N) is 1. The number of phenols is 1. The van der Waals surface area contributed by atoms with Crippen LogP contribution in [-0.4, -0.2) is 41.3 Å². The Hall–Kier alpha value is -1.89. The van der Waals surface area contributed by atoms with Crippen molar-refractivity contribution < 1.29 is 23.4 Å². The van der Waals surface area contributed by atoms with Gasteiger partial charge in [-0.15, -0.1) is 0 Å². The Bertz CT molecular complexity index is 747. The minimum atomic E-state index is -2.75. The van der Waals surface area contributed by atoms with Crippen LogP contribution in [0.1, 0.15) is 50.7 Å². The molecule has 2 fully saturated rings. The molecule has 2 spiro atoms. The third-order valence-corrected chi connectivity index (χ3v) is 6.78. The summed E-state index contributed by atoms with van der Waals surface area (Å²) in [6.45, 7) is 1.74. The topological polar surface area (TPSA) is 61.8 Å². The average molecular weight is 380 g/mol. The van der Waals surface area contributed by atoms with Gasteiger partial charge in [-0.1, -0.05) is 6.07 Å². The zero-order valence-electron chi connectivity index (χ0n) is 15.7. The molecule has 0 aromatic heterocycles. The molecule has 2 aliphatic carbocycles. The van der Waals surface area contributed by atoms with Crippen molar-refractivity contribution in [2.75, 3.05) is 6.54 Å². The molecule has 1 unspecified atom stereocenters. The molecule has 0 bridgehead atoms. The van der Waals surface area contributed by atoms with E-state index >= 15 is 0 Å². The first-order chi connectivity index (χ1) is 12.8. The van der Waals surface area contributed by atoms with Crippen LogP contribution in [0.3, 0.4) is 0 Å². The van der Waals surface area contributed by atoms with Crippen LogP contribution in [0.15, 0.2) is 18.2 Å². The highest BCUT2D eigenvalue weighted by Gasteiger charge is 2.63. The van der Waals surface area contributed by atoms with Gasteiger partial charge in [0.2, 0.25) is 0 Å². The summed E-state index contributed by atoms with van der Waals surface area (Å²) >= 11 is 0. The summed E-state index contributed by atoms with van der Waals surface area (Å²) in [6, 6.07) is 5.31. The quantitative estimate of drug-likeness (QED) is 0.840. The van der Waals surface area contributed by atoms with Crippen LogP contribution in [-0.2, 0) is 16.7 Å². The number of nitrogens with zero attached hydrogens (tertiary/aromatic N) is 1. The first-order valence-electron chi connectivity index (χ1n) is 9.61. The zero-order valence-corrected chi connectivity index (χ0v) is 15.7. The van der Waals surface area contributed by atoms with Gasteiger partial charge in [0, 0.05) is 11.5 Å². The molecule has 1 saturated carbocycles. The van der Waals surface area contributed by atoms with Crippen molar-refractivity contribution in [3.63, 3.8) is 0 Å². The molecule has 1 saturated heterocycles. The SMILES string of the molecule is CC(C)N1CC2(NC1=O)c1cc(O)ccc1CC21CCC(OC(F)F)CC1. The van der Waals surface area contributed by atoms with Gasteiger partial charge in [-0.25, -0.2) is 4.79 Å². The number of rotatable bonds is 3. The van der Waals surface area contributed by atoms with E-state index in [1.165, 1.54) is 0 Å². The summed E-state index contributed by atoms with van der Waals surface area (Å²) in [4.78, 5) is 14.6. The van der Waals surface area contributed by atoms with Gasteiger partial charge in [0.05, 0.1) is 18.2 Å². The molecule has 4 rings (SSSR count). The summed E-state index contributed by atoms with van der Waals surface area (Å²) < 4.78 is 30.0. The molecule has 148 valence electrons. The number of alkyl halides is 2. The van der Waals surface area contributed by atoms with Gasteiger partial charge in [0.15, 0.2) is 0 Å². The number of urea groups is 1. The summed E-state index contributed by atoms with van der Waals surface area (Å²) in [7, 11) is 0. The summed E-state index contributed by atoms with van der Waals surface area (Å²) in [5.41, 5.74) is 1.24. The predicted molar refractivity (Wildman–Crippen MR) is 95.6 cm³/mol. The Kier molecular flexibility index (Phi) is 4.33. The predicted octanol–water partition coefficient (Wildman–Crippen LogP) is 3.75. The number of benzene rings is 1. The third kappa shape index (κ3) is 2.78. The molecule has 1 atom stereocenters. The number of hydrogen-bond acceptors (Lipinski definition) is 3.